The first-order valence-corrected chi connectivity index (χ1v) is 12.3. The highest BCUT2D eigenvalue weighted by atomic mass is 35.5. The van der Waals surface area contributed by atoms with Gasteiger partial charge in [0.25, 0.3) is 0 Å². The van der Waals surface area contributed by atoms with Crippen LogP contribution in [0.2, 0.25) is 0 Å². The van der Waals surface area contributed by atoms with Crippen molar-refractivity contribution in [3.63, 3.8) is 0 Å². The Morgan fingerprint density at radius 2 is 1.21 bits per heavy atom. The van der Waals surface area contributed by atoms with E-state index < -0.39 is 0 Å². The van der Waals surface area contributed by atoms with Gasteiger partial charge in [0.05, 0.1) is 12.1 Å². The van der Waals surface area contributed by atoms with Gasteiger partial charge in [0.2, 0.25) is 0 Å². The van der Waals surface area contributed by atoms with Crippen molar-refractivity contribution in [2.45, 2.75) is 98.7 Å². The van der Waals surface area contributed by atoms with Gasteiger partial charge in [0, 0.05) is 30.2 Å². The summed E-state index contributed by atoms with van der Waals surface area (Å²) >= 11 is 0. The van der Waals surface area contributed by atoms with Crippen LogP contribution >= 0.6 is 0 Å². The molecule has 29 heavy (non-hydrogen) atoms. The van der Waals surface area contributed by atoms with Crippen LogP contribution in [0.25, 0.3) is 0 Å². The second kappa shape index (κ2) is 11.2. The van der Waals surface area contributed by atoms with Crippen LogP contribution in [0.5, 0.6) is 0 Å². The molecule has 0 amide bonds. The minimum Gasteiger partial charge on any atom is -1.00 e. The maximum absolute atomic E-state index is 2.51. The first-order chi connectivity index (χ1) is 13.4. The van der Waals surface area contributed by atoms with Crippen LogP contribution in [0.15, 0.2) is 30.3 Å². The van der Waals surface area contributed by atoms with Gasteiger partial charge in [-0.05, 0) is 49.4 Å². The highest BCUT2D eigenvalue weighted by Gasteiger charge is 2.45. The predicted molar refractivity (Wildman–Crippen MR) is 121 cm³/mol. The molecule has 2 heteroatoms. The number of nitrogens with one attached hydrogen (secondary N) is 1. The van der Waals surface area contributed by atoms with E-state index >= 15 is 0 Å². The van der Waals surface area contributed by atoms with Gasteiger partial charge in [0.1, 0.15) is 6.54 Å². The molecule has 3 rings (SSSR count). The third kappa shape index (κ3) is 6.23. The topological polar surface area (TPSA) is 4.44 Å². The zero-order chi connectivity index (χ0) is 20.3. The molecule has 1 nitrogen and oxygen atoms in total. The Hall–Kier alpha value is -0.530. The van der Waals surface area contributed by atoms with Crippen LogP contribution in [0.1, 0.15) is 85.6 Å². The molecule has 2 saturated carbocycles. The summed E-state index contributed by atoms with van der Waals surface area (Å²) in [5.41, 5.74) is 1.54. The van der Waals surface area contributed by atoms with Crippen LogP contribution in [0.4, 0.5) is 0 Å². The standard InChI is InChI=1S/C27H45N.ClH/c1-19(2)24-14-12-21(5)16-26(24)28(18-23-10-8-7-9-11-23)27-17-22(6)13-15-25(27)20(3)4;/h7-11,19-22,24-27H,12-18H2,1-6H3;1H. The van der Waals surface area contributed by atoms with Crippen LogP contribution in [-0.4, -0.2) is 12.1 Å². The van der Waals surface area contributed by atoms with E-state index in [1.165, 1.54) is 45.1 Å². The van der Waals surface area contributed by atoms with E-state index in [0.29, 0.717) is 0 Å². The Kier molecular flexibility index (Phi) is 9.55. The number of halogens is 1. The molecular formula is C27H46ClN. The van der Waals surface area contributed by atoms with E-state index in [9.17, 15) is 0 Å². The smallest absolute Gasteiger partial charge is 0.103 e. The van der Waals surface area contributed by atoms with E-state index in [4.69, 9.17) is 0 Å². The Balaban J connectivity index is 0.00000300. The van der Waals surface area contributed by atoms with Gasteiger partial charge < -0.3 is 17.3 Å². The number of rotatable bonds is 6. The Bertz CT molecular complexity index is 551. The molecule has 0 saturated heterocycles. The van der Waals surface area contributed by atoms with Gasteiger partial charge in [-0.15, -0.1) is 0 Å². The first kappa shape index (κ1) is 24.7. The molecule has 2 aliphatic rings. The number of quaternary nitrogens is 1. The fourth-order valence-corrected chi connectivity index (χ4v) is 6.63. The number of hydrogen-bond donors (Lipinski definition) is 1. The van der Waals surface area contributed by atoms with E-state index in [1.807, 2.05) is 4.90 Å². The minimum absolute atomic E-state index is 0. The summed E-state index contributed by atoms with van der Waals surface area (Å²) in [6.45, 7) is 16.2. The molecule has 2 fully saturated rings. The van der Waals surface area contributed by atoms with E-state index in [0.717, 1.165) is 47.6 Å². The Morgan fingerprint density at radius 3 is 1.62 bits per heavy atom. The second-order valence-electron chi connectivity index (χ2n) is 11.1. The summed E-state index contributed by atoms with van der Waals surface area (Å²) in [7, 11) is 0. The van der Waals surface area contributed by atoms with Gasteiger partial charge in [-0.1, -0.05) is 71.9 Å². The maximum Gasteiger partial charge on any atom is 0.103 e. The zero-order valence-electron chi connectivity index (χ0n) is 19.8. The summed E-state index contributed by atoms with van der Waals surface area (Å²) < 4.78 is 0. The molecule has 6 atom stereocenters. The third-order valence-corrected chi connectivity index (χ3v) is 8.25. The summed E-state index contributed by atoms with van der Waals surface area (Å²) in [6, 6.07) is 13.0. The fraction of sp³-hybridized carbons (Fsp3) is 0.778. The SMILES string of the molecule is CC1CCC(C(C)C)C([NH+](Cc2ccccc2)C2CC(C)CCC2C(C)C)C1.[Cl-]. The Labute approximate surface area is 187 Å². The lowest BCUT2D eigenvalue weighted by atomic mass is 9.69. The third-order valence-electron chi connectivity index (χ3n) is 8.25. The monoisotopic (exact) mass is 419 g/mol. The van der Waals surface area contributed by atoms with E-state index in [1.54, 1.807) is 5.56 Å². The quantitative estimate of drug-likeness (QED) is 0.722. The van der Waals surface area contributed by atoms with Crippen molar-refractivity contribution < 1.29 is 17.3 Å². The zero-order valence-corrected chi connectivity index (χ0v) is 20.6. The average Bonchev–Trinajstić information content (AvgIpc) is 2.66. The first-order valence-electron chi connectivity index (χ1n) is 12.3. The number of hydrogen-bond acceptors (Lipinski definition) is 0. The highest BCUT2D eigenvalue weighted by molar-refractivity contribution is 5.13. The lowest BCUT2D eigenvalue weighted by molar-refractivity contribution is -0.974. The second-order valence-corrected chi connectivity index (χ2v) is 11.1. The summed E-state index contributed by atoms with van der Waals surface area (Å²) in [4.78, 5) is 1.95. The Morgan fingerprint density at radius 1 is 0.759 bits per heavy atom. The molecule has 0 bridgehead atoms. The average molecular weight is 420 g/mol. The molecule has 1 aromatic rings. The van der Waals surface area contributed by atoms with Crippen LogP contribution in [-0.2, 0) is 6.54 Å². The molecule has 1 aromatic carbocycles. The molecule has 0 aliphatic heterocycles. The van der Waals surface area contributed by atoms with E-state index in [2.05, 4.69) is 71.9 Å². The molecule has 166 valence electrons. The molecule has 1 N–H and O–H groups in total. The molecule has 0 radical (unpaired) electrons. The van der Waals surface area contributed by atoms with Gasteiger partial charge in [-0.2, -0.15) is 0 Å². The lowest BCUT2D eigenvalue weighted by Crippen LogP contribution is -3.20. The van der Waals surface area contributed by atoms with Crippen molar-refractivity contribution in [3.05, 3.63) is 35.9 Å². The maximum atomic E-state index is 2.51. The van der Waals surface area contributed by atoms with Crippen molar-refractivity contribution in [3.8, 4) is 0 Å². The van der Waals surface area contributed by atoms with Crippen LogP contribution in [0, 0.1) is 35.5 Å². The van der Waals surface area contributed by atoms with Gasteiger partial charge in [-0.25, -0.2) is 0 Å². The summed E-state index contributed by atoms with van der Waals surface area (Å²) in [5.74, 6) is 5.18. The van der Waals surface area contributed by atoms with Gasteiger partial charge in [0.15, 0.2) is 0 Å². The fourth-order valence-electron chi connectivity index (χ4n) is 6.63. The van der Waals surface area contributed by atoms with Crippen molar-refractivity contribution in [1.82, 2.24) is 0 Å². The minimum atomic E-state index is 0. The molecule has 0 spiro atoms. The van der Waals surface area contributed by atoms with Gasteiger partial charge in [-0.3, -0.25) is 0 Å². The summed E-state index contributed by atoms with van der Waals surface area (Å²) in [6.07, 6.45) is 8.62. The predicted octanol–water partition coefficient (Wildman–Crippen LogP) is 3.00. The molecule has 0 heterocycles. The normalized spacial score (nSPS) is 34.1. The van der Waals surface area contributed by atoms with E-state index in [-0.39, 0.29) is 12.4 Å². The molecule has 0 aromatic heterocycles. The van der Waals surface area contributed by atoms with Crippen LogP contribution < -0.4 is 17.3 Å². The van der Waals surface area contributed by atoms with Crippen molar-refractivity contribution in [2.75, 3.05) is 0 Å². The molecule has 2 aliphatic carbocycles. The number of benzene rings is 1. The largest absolute Gasteiger partial charge is 1.00 e. The molecule has 6 unspecified atom stereocenters. The van der Waals surface area contributed by atoms with Crippen LogP contribution in [0.3, 0.4) is 0 Å². The highest BCUT2D eigenvalue weighted by Crippen LogP contribution is 2.36. The van der Waals surface area contributed by atoms with Crippen molar-refractivity contribution >= 4 is 0 Å². The lowest BCUT2D eigenvalue weighted by Gasteiger charge is -2.49. The van der Waals surface area contributed by atoms with Crippen molar-refractivity contribution in [2.24, 2.45) is 35.5 Å². The van der Waals surface area contributed by atoms with Crippen molar-refractivity contribution in [1.29, 1.82) is 0 Å². The molecular weight excluding hydrogens is 374 g/mol. The van der Waals surface area contributed by atoms with Gasteiger partial charge >= 0.3 is 0 Å². The summed E-state index contributed by atoms with van der Waals surface area (Å²) in [5, 5.41) is 0.